The van der Waals surface area contributed by atoms with Gasteiger partial charge in [0.05, 0.1) is 4.92 Å². The molecule has 1 aliphatic carbocycles. The Hall–Kier alpha value is -2.00. The number of aliphatic carboxylic acids is 1. The van der Waals surface area contributed by atoms with E-state index in [0.717, 1.165) is 44.2 Å². The zero-order valence-corrected chi connectivity index (χ0v) is 13.9. The van der Waals surface area contributed by atoms with Gasteiger partial charge in [-0.2, -0.15) is 4.72 Å². The molecule has 132 valence electrons. The van der Waals surface area contributed by atoms with E-state index in [1.54, 1.807) is 0 Å². The highest BCUT2D eigenvalue weighted by atomic mass is 32.2. The summed E-state index contributed by atoms with van der Waals surface area (Å²) in [6.07, 6.45) is 5.06. The molecule has 1 aliphatic rings. The lowest BCUT2D eigenvalue weighted by Crippen LogP contribution is -2.42. The SMILES string of the molecule is O=C(O)C(CC1CCCCC1)NS(=O)(=O)c1ccccc1[N+](=O)[O-]. The zero-order valence-electron chi connectivity index (χ0n) is 13.1. The van der Waals surface area contributed by atoms with Gasteiger partial charge in [-0.05, 0) is 18.4 Å². The Balaban J connectivity index is 2.21. The van der Waals surface area contributed by atoms with E-state index < -0.39 is 37.5 Å². The van der Waals surface area contributed by atoms with Crippen molar-refractivity contribution in [2.45, 2.75) is 49.5 Å². The lowest BCUT2D eigenvalue weighted by atomic mass is 9.85. The van der Waals surface area contributed by atoms with Crippen LogP contribution >= 0.6 is 0 Å². The minimum atomic E-state index is -4.30. The largest absolute Gasteiger partial charge is 0.480 e. The van der Waals surface area contributed by atoms with Gasteiger partial charge in [0.15, 0.2) is 4.90 Å². The molecule has 1 saturated carbocycles. The molecule has 1 aromatic carbocycles. The van der Waals surface area contributed by atoms with Crippen LogP contribution in [0.2, 0.25) is 0 Å². The minimum Gasteiger partial charge on any atom is -0.480 e. The van der Waals surface area contributed by atoms with E-state index in [2.05, 4.69) is 4.72 Å². The van der Waals surface area contributed by atoms with Crippen LogP contribution in [0.5, 0.6) is 0 Å². The van der Waals surface area contributed by atoms with Crippen LogP contribution in [0.1, 0.15) is 38.5 Å². The number of rotatable bonds is 7. The predicted octanol–water partition coefficient (Wildman–Crippen LogP) is 2.30. The van der Waals surface area contributed by atoms with E-state index in [1.807, 2.05) is 0 Å². The summed E-state index contributed by atoms with van der Waals surface area (Å²) < 4.78 is 27.0. The quantitative estimate of drug-likeness (QED) is 0.570. The maximum Gasteiger partial charge on any atom is 0.321 e. The summed E-state index contributed by atoms with van der Waals surface area (Å²) in [6, 6.07) is 3.59. The number of nitro benzene ring substituents is 1. The molecule has 1 atom stereocenters. The van der Waals surface area contributed by atoms with Gasteiger partial charge >= 0.3 is 5.97 Å². The molecule has 2 rings (SSSR count). The van der Waals surface area contributed by atoms with Gasteiger partial charge < -0.3 is 5.11 Å². The van der Waals surface area contributed by atoms with Gasteiger partial charge in [-0.25, -0.2) is 8.42 Å². The topological polar surface area (TPSA) is 127 Å². The normalized spacial score (nSPS) is 17.3. The standard InChI is InChI=1S/C15H20N2O6S/c18-15(19)12(10-11-6-2-1-3-7-11)16-24(22,23)14-9-5-4-8-13(14)17(20)21/h4-5,8-9,11-12,16H,1-3,6-7,10H2,(H,18,19). The van der Waals surface area contributed by atoms with E-state index in [0.29, 0.717) is 0 Å². The molecule has 1 fully saturated rings. The number of carboxylic acid groups (broad SMARTS) is 1. The molecule has 24 heavy (non-hydrogen) atoms. The number of carbonyl (C=O) groups is 1. The van der Waals surface area contributed by atoms with Crippen molar-refractivity contribution in [3.05, 3.63) is 34.4 Å². The van der Waals surface area contributed by atoms with Crippen LogP contribution in [0, 0.1) is 16.0 Å². The molecule has 0 aromatic heterocycles. The first kappa shape index (κ1) is 18.3. The highest BCUT2D eigenvalue weighted by Crippen LogP contribution is 2.28. The Labute approximate surface area is 140 Å². The summed E-state index contributed by atoms with van der Waals surface area (Å²) in [5, 5.41) is 20.3. The Morgan fingerprint density at radius 1 is 1.29 bits per heavy atom. The third-order valence-corrected chi connectivity index (χ3v) is 5.76. The molecule has 2 N–H and O–H groups in total. The highest BCUT2D eigenvalue weighted by molar-refractivity contribution is 7.89. The molecule has 0 bridgehead atoms. The second-order valence-electron chi connectivity index (χ2n) is 5.98. The van der Waals surface area contributed by atoms with Gasteiger partial charge in [0.25, 0.3) is 5.69 Å². The summed E-state index contributed by atoms with van der Waals surface area (Å²) >= 11 is 0. The molecule has 0 heterocycles. The maximum atomic E-state index is 12.4. The van der Waals surface area contributed by atoms with Crippen LogP contribution in [0.4, 0.5) is 5.69 Å². The van der Waals surface area contributed by atoms with E-state index in [4.69, 9.17) is 0 Å². The van der Waals surface area contributed by atoms with Crippen molar-refractivity contribution in [2.75, 3.05) is 0 Å². The van der Waals surface area contributed by atoms with Gasteiger partial charge in [-0.15, -0.1) is 0 Å². The number of nitrogens with zero attached hydrogens (tertiary/aromatic N) is 1. The maximum absolute atomic E-state index is 12.4. The highest BCUT2D eigenvalue weighted by Gasteiger charge is 2.32. The number of hydrogen-bond donors (Lipinski definition) is 2. The lowest BCUT2D eigenvalue weighted by Gasteiger charge is -2.24. The van der Waals surface area contributed by atoms with Crippen LogP contribution in [-0.2, 0) is 14.8 Å². The number of hydrogen-bond acceptors (Lipinski definition) is 5. The van der Waals surface area contributed by atoms with Crippen LogP contribution in [-0.4, -0.2) is 30.5 Å². The Morgan fingerprint density at radius 3 is 2.50 bits per heavy atom. The summed E-state index contributed by atoms with van der Waals surface area (Å²) in [6.45, 7) is 0. The van der Waals surface area contributed by atoms with E-state index in [1.165, 1.54) is 12.1 Å². The molecule has 0 radical (unpaired) electrons. The Morgan fingerprint density at radius 2 is 1.92 bits per heavy atom. The molecule has 9 heteroatoms. The monoisotopic (exact) mass is 356 g/mol. The molecule has 1 aromatic rings. The van der Waals surface area contributed by atoms with Gasteiger partial charge in [-0.3, -0.25) is 14.9 Å². The van der Waals surface area contributed by atoms with Crippen molar-refractivity contribution in [1.82, 2.24) is 4.72 Å². The van der Waals surface area contributed by atoms with E-state index >= 15 is 0 Å². The Bertz CT molecular complexity index is 712. The summed E-state index contributed by atoms with van der Waals surface area (Å²) in [7, 11) is -4.30. The molecule has 0 saturated heterocycles. The van der Waals surface area contributed by atoms with Crippen molar-refractivity contribution in [2.24, 2.45) is 5.92 Å². The third kappa shape index (κ3) is 4.51. The summed E-state index contributed by atoms with van der Waals surface area (Å²) in [5.74, 6) is -1.13. The zero-order chi connectivity index (χ0) is 17.7. The van der Waals surface area contributed by atoms with Crippen molar-refractivity contribution in [3.63, 3.8) is 0 Å². The van der Waals surface area contributed by atoms with Crippen molar-refractivity contribution in [3.8, 4) is 0 Å². The first-order valence-corrected chi connectivity index (χ1v) is 9.28. The van der Waals surface area contributed by atoms with Gasteiger partial charge in [-0.1, -0.05) is 44.2 Å². The number of para-hydroxylation sites is 1. The molecule has 0 amide bonds. The molecule has 8 nitrogen and oxygen atoms in total. The fourth-order valence-corrected chi connectivity index (χ4v) is 4.42. The second-order valence-corrected chi connectivity index (χ2v) is 7.66. The molecular weight excluding hydrogens is 336 g/mol. The van der Waals surface area contributed by atoms with Crippen molar-refractivity contribution >= 4 is 21.7 Å². The number of sulfonamides is 1. The summed E-state index contributed by atoms with van der Waals surface area (Å²) in [5.41, 5.74) is -0.577. The average molecular weight is 356 g/mol. The number of carboxylic acids is 1. The minimum absolute atomic E-state index is 0.147. The summed E-state index contributed by atoms with van der Waals surface area (Å²) in [4.78, 5) is 21.1. The number of benzene rings is 1. The average Bonchev–Trinajstić information content (AvgIpc) is 2.55. The van der Waals surface area contributed by atoms with Gasteiger partial charge in [0.2, 0.25) is 10.0 Å². The number of nitro groups is 1. The predicted molar refractivity (Wildman–Crippen MR) is 86.0 cm³/mol. The second kappa shape index (κ2) is 7.71. The molecular formula is C15H20N2O6S. The van der Waals surface area contributed by atoms with Gasteiger partial charge in [0.1, 0.15) is 6.04 Å². The van der Waals surface area contributed by atoms with Crippen LogP contribution in [0.25, 0.3) is 0 Å². The fraction of sp³-hybridized carbons (Fsp3) is 0.533. The van der Waals surface area contributed by atoms with E-state index in [9.17, 15) is 28.4 Å². The van der Waals surface area contributed by atoms with Crippen LogP contribution in [0.3, 0.4) is 0 Å². The van der Waals surface area contributed by atoms with Crippen LogP contribution < -0.4 is 4.72 Å². The first-order chi connectivity index (χ1) is 11.3. The van der Waals surface area contributed by atoms with Crippen molar-refractivity contribution in [1.29, 1.82) is 0 Å². The Kier molecular flexibility index (Phi) is 5.89. The molecule has 0 aliphatic heterocycles. The first-order valence-electron chi connectivity index (χ1n) is 7.80. The van der Waals surface area contributed by atoms with Crippen molar-refractivity contribution < 1.29 is 23.2 Å². The third-order valence-electron chi connectivity index (χ3n) is 4.24. The molecule has 0 spiro atoms. The number of nitrogens with one attached hydrogen (secondary N) is 1. The molecule has 1 unspecified atom stereocenters. The van der Waals surface area contributed by atoms with E-state index in [-0.39, 0.29) is 12.3 Å². The fourth-order valence-electron chi connectivity index (χ4n) is 3.04. The lowest BCUT2D eigenvalue weighted by molar-refractivity contribution is -0.387. The van der Waals surface area contributed by atoms with Gasteiger partial charge in [0, 0.05) is 6.07 Å². The smallest absolute Gasteiger partial charge is 0.321 e. The van der Waals surface area contributed by atoms with Crippen LogP contribution in [0.15, 0.2) is 29.2 Å².